The number of aliphatic hydroxyl groups excluding tert-OH is 1. The average molecular weight is 498 g/mol. The second kappa shape index (κ2) is 9.32. The van der Waals surface area contributed by atoms with Gasteiger partial charge in [-0.2, -0.15) is 5.26 Å². The quantitative estimate of drug-likeness (QED) is 0.140. The van der Waals surface area contributed by atoms with Gasteiger partial charge in [0.1, 0.15) is 23.2 Å². The molecule has 0 fully saturated rings. The van der Waals surface area contributed by atoms with Gasteiger partial charge in [-0.15, -0.1) is 0 Å². The Labute approximate surface area is 209 Å². The monoisotopic (exact) mass is 497 g/mol. The molecule has 9 heteroatoms. The number of fused-ring (bicyclic) bond motifs is 2. The van der Waals surface area contributed by atoms with E-state index in [0.29, 0.717) is 27.7 Å². The van der Waals surface area contributed by atoms with Gasteiger partial charge in [0, 0.05) is 0 Å². The van der Waals surface area contributed by atoms with E-state index in [1.807, 2.05) is 24.3 Å². The second-order valence-electron chi connectivity index (χ2n) is 8.22. The molecule has 0 saturated heterocycles. The molecular formula is C27H20FN5O2S. The van der Waals surface area contributed by atoms with Gasteiger partial charge in [-0.25, -0.2) is 14.4 Å². The lowest BCUT2D eigenvalue weighted by molar-refractivity contribution is 0.401. The SMILES string of the molecule is Cc1ccc(-n2c(SC(C)/C(O)=C(\C#N)c3nc4ccccc4[nH]3)nc3ccccc3c2=O)cc1F. The zero-order chi connectivity index (χ0) is 25.4. The number of aryl methyl sites for hydroxylation is 1. The van der Waals surface area contributed by atoms with Crippen LogP contribution in [-0.4, -0.2) is 29.9 Å². The van der Waals surface area contributed by atoms with Crippen molar-refractivity contribution in [3.8, 4) is 11.8 Å². The van der Waals surface area contributed by atoms with Gasteiger partial charge in [0.2, 0.25) is 0 Å². The van der Waals surface area contributed by atoms with Crippen molar-refractivity contribution in [2.45, 2.75) is 24.3 Å². The van der Waals surface area contributed by atoms with Crippen LogP contribution >= 0.6 is 11.8 Å². The molecule has 0 spiro atoms. The minimum atomic E-state index is -0.678. The number of halogens is 1. The average Bonchev–Trinajstić information content (AvgIpc) is 3.30. The summed E-state index contributed by atoms with van der Waals surface area (Å²) in [6.07, 6.45) is 0. The molecule has 5 rings (SSSR count). The van der Waals surface area contributed by atoms with Crippen LogP contribution in [0, 0.1) is 24.1 Å². The van der Waals surface area contributed by atoms with Crippen LogP contribution < -0.4 is 5.56 Å². The number of nitrogens with one attached hydrogen (secondary N) is 1. The molecule has 0 aliphatic rings. The first-order valence-corrected chi connectivity index (χ1v) is 12.0. The van der Waals surface area contributed by atoms with Gasteiger partial charge >= 0.3 is 0 Å². The maximum absolute atomic E-state index is 14.4. The van der Waals surface area contributed by atoms with Gasteiger partial charge in [0.05, 0.1) is 32.9 Å². The van der Waals surface area contributed by atoms with E-state index in [0.717, 1.165) is 17.3 Å². The lowest BCUT2D eigenvalue weighted by Crippen LogP contribution is -2.23. The first kappa shape index (κ1) is 23.3. The predicted octanol–water partition coefficient (Wildman–Crippen LogP) is 5.68. The molecule has 7 nitrogen and oxygen atoms in total. The van der Waals surface area contributed by atoms with E-state index in [2.05, 4.69) is 15.0 Å². The van der Waals surface area contributed by atoms with Gasteiger partial charge in [0.15, 0.2) is 11.0 Å². The summed E-state index contributed by atoms with van der Waals surface area (Å²) in [6, 6.07) is 20.8. The van der Waals surface area contributed by atoms with Crippen molar-refractivity contribution >= 4 is 39.3 Å². The third kappa shape index (κ3) is 4.12. The summed E-state index contributed by atoms with van der Waals surface area (Å²) in [5.74, 6) is -0.422. The highest BCUT2D eigenvalue weighted by atomic mass is 32.2. The maximum Gasteiger partial charge on any atom is 0.266 e. The molecule has 5 aromatic rings. The molecule has 0 saturated carbocycles. The fourth-order valence-electron chi connectivity index (χ4n) is 3.86. The van der Waals surface area contributed by atoms with Crippen LogP contribution in [0.25, 0.3) is 33.2 Å². The van der Waals surface area contributed by atoms with Crippen LogP contribution in [-0.2, 0) is 0 Å². The number of rotatable bonds is 5. The Morgan fingerprint density at radius 1 is 1.11 bits per heavy atom. The Morgan fingerprint density at radius 3 is 2.56 bits per heavy atom. The molecule has 2 aromatic heterocycles. The molecule has 0 bridgehead atoms. The van der Waals surface area contributed by atoms with E-state index in [1.54, 1.807) is 56.3 Å². The van der Waals surface area contributed by atoms with Crippen molar-refractivity contribution in [2.24, 2.45) is 0 Å². The molecule has 36 heavy (non-hydrogen) atoms. The van der Waals surface area contributed by atoms with Crippen molar-refractivity contribution in [1.82, 2.24) is 19.5 Å². The number of H-pyrrole nitrogens is 1. The first-order valence-electron chi connectivity index (χ1n) is 11.1. The lowest BCUT2D eigenvalue weighted by Gasteiger charge is -2.17. The molecule has 1 atom stereocenters. The van der Waals surface area contributed by atoms with E-state index in [-0.39, 0.29) is 27.9 Å². The molecule has 0 amide bonds. The Kier molecular flexibility index (Phi) is 6.04. The van der Waals surface area contributed by atoms with Crippen molar-refractivity contribution in [2.75, 3.05) is 0 Å². The Balaban J connectivity index is 1.62. The molecule has 1 unspecified atom stereocenters. The van der Waals surface area contributed by atoms with Crippen molar-refractivity contribution in [3.63, 3.8) is 0 Å². The molecule has 3 aromatic carbocycles. The lowest BCUT2D eigenvalue weighted by atomic mass is 10.2. The highest BCUT2D eigenvalue weighted by molar-refractivity contribution is 8.00. The predicted molar refractivity (Wildman–Crippen MR) is 139 cm³/mol. The van der Waals surface area contributed by atoms with Crippen LogP contribution in [0.15, 0.2) is 82.4 Å². The molecule has 178 valence electrons. The molecular weight excluding hydrogens is 477 g/mol. The first-order chi connectivity index (χ1) is 17.4. The Hall–Kier alpha value is -4.42. The number of aliphatic hydroxyl groups is 1. The summed E-state index contributed by atoms with van der Waals surface area (Å²) in [4.78, 5) is 25.6. The summed E-state index contributed by atoms with van der Waals surface area (Å²) in [5, 5.41) is 20.8. The van der Waals surface area contributed by atoms with Gasteiger partial charge in [-0.05, 0) is 55.8 Å². The van der Waals surface area contributed by atoms with Gasteiger partial charge in [-0.3, -0.25) is 9.36 Å². The summed E-state index contributed by atoms with van der Waals surface area (Å²) >= 11 is 1.09. The summed E-state index contributed by atoms with van der Waals surface area (Å²) in [7, 11) is 0. The standard InChI is InChI=1S/C27H20FN5O2S/c1-15-11-12-17(13-20(15)28)33-26(35)18-7-3-4-8-21(18)32-27(33)36-16(2)24(34)19(14-29)25-30-22-9-5-6-10-23(22)31-25/h3-13,16,34H,1-2H3,(H,30,31)/b24-19-. The van der Waals surface area contributed by atoms with Gasteiger partial charge < -0.3 is 10.1 Å². The number of nitriles is 1. The Bertz CT molecular complexity index is 1730. The third-order valence-electron chi connectivity index (χ3n) is 5.82. The van der Waals surface area contributed by atoms with Crippen molar-refractivity contribution in [1.29, 1.82) is 5.26 Å². The zero-order valence-electron chi connectivity index (χ0n) is 19.4. The van der Waals surface area contributed by atoms with E-state index < -0.39 is 11.1 Å². The largest absolute Gasteiger partial charge is 0.510 e. The molecule has 0 aliphatic carbocycles. The van der Waals surface area contributed by atoms with Gasteiger partial charge in [0.25, 0.3) is 5.56 Å². The number of aromatic nitrogens is 4. The maximum atomic E-state index is 14.4. The van der Waals surface area contributed by atoms with E-state index in [1.165, 1.54) is 10.6 Å². The second-order valence-corrected chi connectivity index (χ2v) is 9.53. The van der Waals surface area contributed by atoms with E-state index in [9.17, 15) is 19.6 Å². The number of para-hydroxylation sites is 3. The molecule has 2 N–H and O–H groups in total. The Morgan fingerprint density at radius 2 is 1.83 bits per heavy atom. The van der Waals surface area contributed by atoms with E-state index in [4.69, 9.17) is 0 Å². The fraction of sp³-hybridized carbons (Fsp3) is 0.111. The minimum absolute atomic E-state index is 0.0118. The highest BCUT2D eigenvalue weighted by Crippen LogP contribution is 2.31. The topological polar surface area (TPSA) is 108 Å². The van der Waals surface area contributed by atoms with Crippen molar-refractivity contribution in [3.05, 3.63) is 100 Å². The smallest absolute Gasteiger partial charge is 0.266 e. The van der Waals surface area contributed by atoms with Crippen LogP contribution in [0.3, 0.4) is 0 Å². The van der Waals surface area contributed by atoms with Gasteiger partial charge in [-0.1, -0.05) is 42.1 Å². The fourth-order valence-corrected chi connectivity index (χ4v) is 4.85. The number of imidazole rings is 1. The minimum Gasteiger partial charge on any atom is -0.510 e. The van der Waals surface area contributed by atoms with Crippen molar-refractivity contribution < 1.29 is 9.50 Å². The van der Waals surface area contributed by atoms with Crippen LogP contribution in [0.5, 0.6) is 0 Å². The molecule has 2 heterocycles. The van der Waals surface area contributed by atoms with Crippen LogP contribution in [0.1, 0.15) is 18.3 Å². The third-order valence-corrected chi connectivity index (χ3v) is 6.88. The number of hydrogen-bond acceptors (Lipinski definition) is 6. The number of allylic oxidation sites excluding steroid dienone is 1. The molecule has 0 aliphatic heterocycles. The normalized spacial score (nSPS) is 12.9. The number of hydrogen-bond donors (Lipinski definition) is 2. The summed E-state index contributed by atoms with van der Waals surface area (Å²) in [5.41, 5.74) is 2.27. The van der Waals surface area contributed by atoms with E-state index >= 15 is 0 Å². The summed E-state index contributed by atoms with van der Waals surface area (Å²) in [6.45, 7) is 3.34. The number of nitrogens with zero attached hydrogens (tertiary/aromatic N) is 4. The zero-order valence-corrected chi connectivity index (χ0v) is 20.2. The summed E-state index contributed by atoms with van der Waals surface area (Å²) < 4.78 is 15.7. The molecule has 0 radical (unpaired) electrons. The highest BCUT2D eigenvalue weighted by Gasteiger charge is 2.22. The van der Waals surface area contributed by atoms with Crippen LogP contribution in [0.4, 0.5) is 4.39 Å². The number of aromatic amines is 1. The number of thioether (sulfide) groups is 1. The van der Waals surface area contributed by atoms with Crippen LogP contribution in [0.2, 0.25) is 0 Å². The number of benzene rings is 3.